The van der Waals surface area contributed by atoms with Gasteiger partial charge < -0.3 is 4.74 Å². The third-order valence-corrected chi connectivity index (χ3v) is 4.48. The van der Waals surface area contributed by atoms with Crippen molar-refractivity contribution in [3.05, 3.63) is 41.3 Å². The Morgan fingerprint density at radius 2 is 1.74 bits per heavy atom. The quantitative estimate of drug-likeness (QED) is 0.852. The monoisotopic (exact) mass is 281 g/mol. The van der Waals surface area contributed by atoms with Crippen LogP contribution in [0.5, 0.6) is 0 Å². The Morgan fingerprint density at radius 1 is 1.16 bits per heavy atom. The van der Waals surface area contributed by atoms with Gasteiger partial charge in [-0.25, -0.2) is 8.42 Å². The van der Waals surface area contributed by atoms with E-state index in [0.29, 0.717) is 13.1 Å². The van der Waals surface area contributed by atoms with Gasteiger partial charge in [-0.1, -0.05) is 30.3 Å². The molecule has 0 bridgehead atoms. The number of ether oxygens (including phenoxy) is 1. The van der Waals surface area contributed by atoms with Gasteiger partial charge in [-0.3, -0.25) is 0 Å². The molecule has 19 heavy (non-hydrogen) atoms. The van der Waals surface area contributed by atoms with Crippen LogP contribution in [0.2, 0.25) is 0 Å². The van der Waals surface area contributed by atoms with Gasteiger partial charge in [0.15, 0.2) is 0 Å². The molecule has 0 spiro atoms. The fourth-order valence-corrected chi connectivity index (χ4v) is 3.49. The Kier molecular flexibility index (Phi) is 4.39. The molecule has 1 heterocycles. The van der Waals surface area contributed by atoms with Crippen LogP contribution in [-0.2, 0) is 14.8 Å². The highest BCUT2D eigenvalue weighted by molar-refractivity contribution is 7.92. The molecule has 1 aromatic rings. The lowest BCUT2D eigenvalue weighted by atomic mass is 10.2. The molecule has 2 rings (SSSR count). The second kappa shape index (κ2) is 5.86. The lowest BCUT2D eigenvalue weighted by molar-refractivity contribution is -0.0437. The number of rotatable bonds is 3. The summed E-state index contributed by atoms with van der Waals surface area (Å²) in [4.78, 5) is 0. The molecule has 0 unspecified atom stereocenters. The van der Waals surface area contributed by atoms with E-state index in [2.05, 4.69) is 0 Å². The van der Waals surface area contributed by atoms with E-state index in [4.69, 9.17) is 4.74 Å². The van der Waals surface area contributed by atoms with E-state index in [0.717, 1.165) is 5.56 Å². The number of nitrogens with zero attached hydrogens (tertiary/aromatic N) is 1. The van der Waals surface area contributed by atoms with E-state index in [9.17, 15) is 8.42 Å². The molecule has 2 atom stereocenters. The number of sulfonamides is 1. The van der Waals surface area contributed by atoms with Crippen molar-refractivity contribution in [2.24, 2.45) is 0 Å². The lowest BCUT2D eigenvalue weighted by Gasteiger charge is -2.33. The van der Waals surface area contributed by atoms with Gasteiger partial charge in [0, 0.05) is 18.5 Å². The summed E-state index contributed by atoms with van der Waals surface area (Å²) in [5, 5.41) is 1.27. The zero-order valence-corrected chi connectivity index (χ0v) is 12.0. The first kappa shape index (κ1) is 14.2. The lowest BCUT2D eigenvalue weighted by Crippen LogP contribution is -2.47. The number of morpholine rings is 1. The van der Waals surface area contributed by atoms with Gasteiger partial charge >= 0.3 is 0 Å². The Morgan fingerprint density at radius 3 is 2.32 bits per heavy atom. The second-order valence-corrected chi connectivity index (χ2v) is 6.65. The summed E-state index contributed by atoms with van der Waals surface area (Å²) in [6.07, 6.45) is 1.49. The van der Waals surface area contributed by atoms with E-state index >= 15 is 0 Å². The normalized spacial score (nSPS) is 25.8. The van der Waals surface area contributed by atoms with Crippen molar-refractivity contribution in [1.29, 1.82) is 0 Å². The largest absolute Gasteiger partial charge is 0.373 e. The van der Waals surface area contributed by atoms with Crippen molar-refractivity contribution in [3.8, 4) is 0 Å². The van der Waals surface area contributed by atoms with Gasteiger partial charge in [0.2, 0.25) is 10.0 Å². The van der Waals surface area contributed by atoms with E-state index in [1.165, 1.54) is 9.71 Å². The Labute approximate surface area is 114 Å². The first-order valence-electron chi connectivity index (χ1n) is 6.36. The maximum Gasteiger partial charge on any atom is 0.236 e. The summed E-state index contributed by atoms with van der Waals surface area (Å²) in [6.45, 7) is 4.59. The number of hydrogen-bond donors (Lipinski definition) is 0. The van der Waals surface area contributed by atoms with E-state index in [-0.39, 0.29) is 12.2 Å². The van der Waals surface area contributed by atoms with Crippen LogP contribution in [0.25, 0.3) is 6.08 Å². The molecule has 1 saturated heterocycles. The highest BCUT2D eigenvalue weighted by Crippen LogP contribution is 2.16. The van der Waals surface area contributed by atoms with Crippen molar-refractivity contribution >= 4 is 16.1 Å². The number of hydrogen-bond acceptors (Lipinski definition) is 3. The van der Waals surface area contributed by atoms with Crippen molar-refractivity contribution in [2.75, 3.05) is 13.1 Å². The molecule has 5 heteroatoms. The molecule has 1 aliphatic rings. The SMILES string of the molecule is C[C@@H]1CN(S(=O)(=O)/C=C\c2ccccc2)C[C@H](C)O1. The van der Waals surface area contributed by atoms with Gasteiger partial charge in [0.25, 0.3) is 0 Å². The summed E-state index contributed by atoms with van der Waals surface area (Å²) in [5.74, 6) is 0. The third-order valence-electron chi connectivity index (χ3n) is 2.98. The van der Waals surface area contributed by atoms with E-state index in [1.807, 2.05) is 44.2 Å². The van der Waals surface area contributed by atoms with Gasteiger partial charge in [0.05, 0.1) is 12.2 Å². The van der Waals surface area contributed by atoms with E-state index < -0.39 is 10.0 Å². The fourth-order valence-electron chi connectivity index (χ4n) is 2.15. The topological polar surface area (TPSA) is 46.6 Å². The standard InChI is InChI=1S/C14H19NO3S/c1-12-10-15(11-13(2)18-12)19(16,17)9-8-14-6-4-3-5-7-14/h3-9,12-13H,10-11H2,1-2H3/b9-8-/t12-,13+. The maximum atomic E-state index is 12.2. The third kappa shape index (κ3) is 3.89. The minimum absolute atomic E-state index is 0.0661. The molecule has 104 valence electrons. The summed E-state index contributed by atoms with van der Waals surface area (Å²) < 4.78 is 31.5. The molecule has 1 fully saturated rings. The molecule has 0 N–H and O–H groups in total. The number of benzene rings is 1. The van der Waals surface area contributed by atoms with Gasteiger partial charge in [-0.15, -0.1) is 0 Å². The molecule has 1 aromatic carbocycles. The van der Waals surface area contributed by atoms with Crippen molar-refractivity contribution in [3.63, 3.8) is 0 Å². The van der Waals surface area contributed by atoms with Crippen LogP contribution in [0.1, 0.15) is 19.4 Å². The van der Waals surface area contributed by atoms with Crippen LogP contribution in [0.4, 0.5) is 0 Å². The van der Waals surface area contributed by atoms with Crippen molar-refractivity contribution in [2.45, 2.75) is 26.1 Å². The highest BCUT2D eigenvalue weighted by atomic mass is 32.2. The van der Waals surface area contributed by atoms with Crippen LogP contribution in [0.3, 0.4) is 0 Å². The zero-order chi connectivity index (χ0) is 13.9. The average Bonchev–Trinajstić information content (AvgIpc) is 2.37. The predicted octanol–water partition coefficient (Wildman–Crippen LogP) is 2.10. The van der Waals surface area contributed by atoms with Crippen molar-refractivity contribution in [1.82, 2.24) is 4.31 Å². The smallest absolute Gasteiger partial charge is 0.236 e. The van der Waals surface area contributed by atoms with Gasteiger partial charge in [0.1, 0.15) is 0 Å². The Bertz CT molecular complexity index is 529. The molecular weight excluding hydrogens is 262 g/mol. The van der Waals surface area contributed by atoms with Crippen LogP contribution in [-0.4, -0.2) is 38.0 Å². The molecule has 0 aliphatic carbocycles. The van der Waals surface area contributed by atoms with E-state index in [1.54, 1.807) is 6.08 Å². The summed E-state index contributed by atoms with van der Waals surface area (Å²) >= 11 is 0. The van der Waals surface area contributed by atoms with Crippen LogP contribution in [0, 0.1) is 0 Å². The first-order chi connectivity index (χ1) is 8.97. The van der Waals surface area contributed by atoms with Gasteiger partial charge in [-0.2, -0.15) is 4.31 Å². The summed E-state index contributed by atoms with van der Waals surface area (Å²) in [7, 11) is -3.37. The van der Waals surface area contributed by atoms with Gasteiger partial charge in [-0.05, 0) is 25.5 Å². The first-order valence-corrected chi connectivity index (χ1v) is 7.86. The fraction of sp³-hybridized carbons (Fsp3) is 0.429. The maximum absolute atomic E-state index is 12.2. The molecule has 0 saturated carbocycles. The predicted molar refractivity (Wildman–Crippen MR) is 76.0 cm³/mol. The Hall–Kier alpha value is -1.17. The second-order valence-electron chi connectivity index (χ2n) is 4.83. The van der Waals surface area contributed by atoms with Crippen LogP contribution >= 0.6 is 0 Å². The minimum Gasteiger partial charge on any atom is -0.373 e. The average molecular weight is 281 g/mol. The molecule has 0 amide bonds. The molecular formula is C14H19NO3S. The van der Waals surface area contributed by atoms with Crippen LogP contribution < -0.4 is 0 Å². The summed E-state index contributed by atoms with van der Waals surface area (Å²) in [5.41, 5.74) is 0.875. The van der Waals surface area contributed by atoms with Crippen molar-refractivity contribution < 1.29 is 13.2 Å². The molecule has 1 aliphatic heterocycles. The minimum atomic E-state index is -3.37. The highest BCUT2D eigenvalue weighted by Gasteiger charge is 2.29. The van der Waals surface area contributed by atoms with Crippen LogP contribution in [0.15, 0.2) is 35.7 Å². The molecule has 0 radical (unpaired) electrons. The zero-order valence-electron chi connectivity index (χ0n) is 11.2. The molecule has 4 nitrogen and oxygen atoms in total. The Balaban J connectivity index is 2.12. The summed E-state index contributed by atoms with van der Waals surface area (Å²) in [6, 6.07) is 9.40. The molecule has 0 aromatic heterocycles.